The molecule has 0 aromatic heterocycles. The molecule has 1 nitrogen and oxygen atoms in total. The topological polar surface area (TPSA) is 9.23 Å². The molecule has 0 spiro atoms. The van der Waals surface area contributed by atoms with Gasteiger partial charge in [-0.2, -0.15) is 0 Å². The highest BCUT2D eigenvalue weighted by Gasteiger charge is 1.99. The highest BCUT2D eigenvalue weighted by molar-refractivity contribution is 5.25. The van der Waals surface area contributed by atoms with Gasteiger partial charge in [0.25, 0.3) is 0 Å². The van der Waals surface area contributed by atoms with Crippen LogP contribution in [0.3, 0.4) is 0 Å². The van der Waals surface area contributed by atoms with Crippen LogP contribution in [0.25, 0.3) is 0 Å². The van der Waals surface area contributed by atoms with Crippen LogP contribution in [0.4, 0.5) is 0 Å². The fourth-order valence-electron chi connectivity index (χ4n) is 2.29. The Balaban J connectivity index is 0.000000174. The first-order valence-corrected chi connectivity index (χ1v) is 7.95. The maximum absolute atomic E-state index is 5.14. The van der Waals surface area contributed by atoms with E-state index in [9.17, 15) is 0 Å². The smallest absolute Gasteiger partial charge is 0.0793 e. The number of hydrogen-bond acceptors (Lipinski definition) is 1. The minimum atomic E-state index is 0.209. The van der Waals surface area contributed by atoms with Crippen LogP contribution in [0.1, 0.15) is 29.7 Å². The largest absolute Gasteiger partial charge is 0.377 e. The summed E-state index contributed by atoms with van der Waals surface area (Å²) < 4.78 is 5.14. The first kappa shape index (κ1) is 17.0. The minimum absolute atomic E-state index is 0.209. The molecule has 3 aromatic carbocycles. The molecule has 3 aromatic rings. The zero-order chi connectivity index (χ0) is 16.3. The van der Waals surface area contributed by atoms with Crippen LogP contribution in [-0.4, -0.2) is 7.11 Å². The van der Waals surface area contributed by atoms with Gasteiger partial charge in [-0.05, 0) is 30.0 Å². The Hall–Kier alpha value is -2.38. The van der Waals surface area contributed by atoms with Gasteiger partial charge in [-0.25, -0.2) is 0 Å². The second kappa shape index (κ2) is 9.60. The minimum Gasteiger partial charge on any atom is -0.377 e. The molecule has 1 heteroatoms. The number of hydrogen-bond donors (Lipinski definition) is 0. The van der Waals surface area contributed by atoms with Crippen molar-refractivity contribution in [1.29, 1.82) is 0 Å². The molecule has 0 fully saturated rings. The van der Waals surface area contributed by atoms with E-state index in [2.05, 4.69) is 72.8 Å². The molecule has 23 heavy (non-hydrogen) atoms. The predicted octanol–water partition coefficient (Wildman–Crippen LogP) is 5.67. The van der Waals surface area contributed by atoms with Gasteiger partial charge in [-0.3, -0.25) is 0 Å². The molecular weight excluding hydrogens is 280 g/mol. The second-order valence-electron chi connectivity index (χ2n) is 5.44. The van der Waals surface area contributed by atoms with Crippen LogP contribution >= 0.6 is 0 Å². The van der Waals surface area contributed by atoms with E-state index < -0.39 is 0 Å². The van der Waals surface area contributed by atoms with Gasteiger partial charge in [0.15, 0.2) is 0 Å². The van der Waals surface area contributed by atoms with Gasteiger partial charge in [0.1, 0.15) is 0 Å². The lowest BCUT2D eigenvalue weighted by Crippen LogP contribution is -1.93. The Labute approximate surface area is 139 Å². The van der Waals surface area contributed by atoms with Crippen molar-refractivity contribution in [3.8, 4) is 0 Å². The fourth-order valence-corrected chi connectivity index (χ4v) is 2.29. The normalized spacial score (nSPS) is 11.2. The summed E-state index contributed by atoms with van der Waals surface area (Å²) in [5.41, 5.74) is 3.97. The summed E-state index contributed by atoms with van der Waals surface area (Å²) in [6.07, 6.45) is 1.24. The summed E-state index contributed by atoms with van der Waals surface area (Å²) in [5.74, 6) is 0. The van der Waals surface area contributed by atoms with Gasteiger partial charge >= 0.3 is 0 Å². The third kappa shape index (κ3) is 6.09. The quantitative estimate of drug-likeness (QED) is 0.603. The molecule has 0 saturated carbocycles. The van der Waals surface area contributed by atoms with Crippen molar-refractivity contribution in [2.45, 2.75) is 19.4 Å². The van der Waals surface area contributed by atoms with Crippen LogP contribution in [0.15, 0.2) is 91.0 Å². The fraction of sp³-hybridized carbons (Fsp3) is 0.182. The van der Waals surface area contributed by atoms with E-state index in [1.807, 2.05) is 25.1 Å². The van der Waals surface area contributed by atoms with Crippen LogP contribution < -0.4 is 0 Å². The van der Waals surface area contributed by atoms with E-state index >= 15 is 0 Å². The maximum Gasteiger partial charge on any atom is 0.0793 e. The van der Waals surface area contributed by atoms with Crippen molar-refractivity contribution in [3.63, 3.8) is 0 Å². The molecule has 0 aliphatic carbocycles. The average molecular weight is 304 g/mol. The molecule has 1 atom stereocenters. The molecule has 3 rings (SSSR count). The molecule has 0 bridgehead atoms. The second-order valence-corrected chi connectivity index (χ2v) is 5.44. The van der Waals surface area contributed by atoms with Crippen LogP contribution in [0.5, 0.6) is 0 Å². The third-order valence-electron chi connectivity index (χ3n) is 3.72. The third-order valence-corrected chi connectivity index (χ3v) is 3.72. The average Bonchev–Trinajstić information content (AvgIpc) is 2.64. The zero-order valence-corrected chi connectivity index (χ0v) is 13.9. The highest BCUT2D eigenvalue weighted by atomic mass is 16.5. The summed E-state index contributed by atoms with van der Waals surface area (Å²) >= 11 is 0. The van der Waals surface area contributed by atoms with Gasteiger partial charge in [0, 0.05) is 7.11 Å². The summed E-state index contributed by atoms with van der Waals surface area (Å²) in [7, 11) is 1.72. The van der Waals surface area contributed by atoms with Gasteiger partial charge in [-0.1, -0.05) is 91.0 Å². The number of rotatable bonds is 4. The van der Waals surface area contributed by atoms with E-state index in [4.69, 9.17) is 4.74 Å². The number of methoxy groups -OCH3 is 1. The van der Waals surface area contributed by atoms with Gasteiger partial charge < -0.3 is 4.74 Å². The Bertz CT molecular complexity index is 610. The van der Waals surface area contributed by atoms with Crippen molar-refractivity contribution in [3.05, 3.63) is 108 Å². The molecule has 0 radical (unpaired) electrons. The lowest BCUT2D eigenvalue weighted by molar-refractivity contribution is 0.119. The Morgan fingerprint density at radius 1 is 0.652 bits per heavy atom. The Morgan fingerprint density at radius 3 is 1.43 bits per heavy atom. The molecule has 0 aliphatic heterocycles. The van der Waals surface area contributed by atoms with Crippen molar-refractivity contribution >= 4 is 0 Å². The van der Waals surface area contributed by atoms with Gasteiger partial charge in [0.05, 0.1) is 6.10 Å². The zero-order valence-electron chi connectivity index (χ0n) is 13.9. The highest BCUT2D eigenvalue weighted by Crippen LogP contribution is 2.13. The van der Waals surface area contributed by atoms with Crippen LogP contribution in [0.2, 0.25) is 0 Å². The SMILES string of the molecule is COC(C)c1ccccc1.c1ccc(Cc2ccccc2)cc1. The summed E-state index contributed by atoms with van der Waals surface area (Å²) in [6.45, 7) is 2.04. The van der Waals surface area contributed by atoms with E-state index in [1.54, 1.807) is 7.11 Å². The van der Waals surface area contributed by atoms with Crippen molar-refractivity contribution < 1.29 is 4.74 Å². The Kier molecular flexibility index (Phi) is 7.09. The first-order valence-electron chi connectivity index (χ1n) is 7.95. The molecule has 0 saturated heterocycles. The monoisotopic (exact) mass is 304 g/mol. The molecule has 1 unspecified atom stereocenters. The van der Waals surface area contributed by atoms with Crippen molar-refractivity contribution in [2.75, 3.05) is 7.11 Å². The van der Waals surface area contributed by atoms with E-state index in [0.29, 0.717) is 0 Å². The molecular formula is C22H24O. The summed E-state index contributed by atoms with van der Waals surface area (Å²) in [6, 6.07) is 31.2. The first-order chi connectivity index (χ1) is 11.3. The lowest BCUT2D eigenvalue weighted by atomic mass is 10.1. The molecule has 0 amide bonds. The lowest BCUT2D eigenvalue weighted by Gasteiger charge is -2.07. The Morgan fingerprint density at radius 2 is 1.04 bits per heavy atom. The van der Waals surface area contributed by atoms with E-state index in [0.717, 1.165) is 6.42 Å². The maximum atomic E-state index is 5.14. The standard InChI is InChI=1S/C13H12.C9H12O/c1-3-7-12(8-4-1)11-13-9-5-2-6-10-13;1-8(10-2)9-6-4-3-5-7-9/h1-10H,11H2;3-8H,1-2H3. The predicted molar refractivity (Wildman–Crippen MR) is 97.6 cm³/mol. The number of ether oxygens (including phenoxy) is 1. The van der Waals surface area contributed by atoms with Gasteiger partial charge in [-0.15, -0.1) is 0 Å². The van der Waals surface area contributed by atoms with E-state index in [-0.39, 0.29) is 6.10 Å². The summed E-state index contributed by atoms with van der Waals surface area (Å²) in [5, 5.41) is 0. The van der Waals surface area contributed by atoms with Crippen LogP contribution in [0, 0.1) is 0 Å². The van der Waals surface area contributed by atoms with Gasteiger partial charge in [0.2, 0.25) is 0 Å². The van der Waals surface area contributed by atoms with Crippen molar-refractivity contribution in [1.82, 2.24) is 0 Å². The van der Waals surface area contributed by atoms with E-state index in [1.165, 1.54) is 16.7 Å². The molecule has 0 N–H and O–H groups in total. The van der Waals surface area contributed by atoms with Crippen molar-refractivity contribution in [2.24, 2.45) is 0 Å². The number of benzene rings is 3. The molecule has 118 valence electrons. The molecule has 0 aliphatic rings. The van der Waals surface area contributed by atoms with Crippen LogP contribution in [-0.2, 0) is 11.2 Å². The summed E-state index contributed by atoms with van der Waals surface area (Å²) in [4.78, 5) is 0. The molecule has 0 heterocycles.